The van der Waals surface area contributed by atoms with E-state index in [0.29, 0.717) is 21.2 Å². The molecule has 0 bridgehead atoms. The van der Waals surface area contributed by atoms with E-state index < -0.39 is 11.7 Å². The van der Waals surface area contributed by atoms with Gasteiger partial charge in [0.15, 0.2) is 0 Å². The number of imide groups is 1. The van der Waals surface area contributed by atoms with Gasteiger partial charge in [0.2, 0.25) is 0 Å². The number of thioether (sulfide) groups is 1. The van der Waals surface area contributed by atoms with Crippen molar-refractivity contribution in [2.75, 3.05) is 0 Å². The topological polar surface area (TPSA) is 55.4 Å². The first-order valence-corrected chi connectivity index (χ1v) is 8.13. The summed E-state index contributed by atoms with van der Waals surface area (Å²) in [5, 5.41) is 2.12. The summed E-state index contributed by atoms with van der Waals surface area (Å²) >= 11 is 6.80. The van der Waals surface area contributed by atoms with E-state index in [1.54, 1.807) is 36.4 Å². The number of hydrogen-bond acceptors (Lipinski definition) is 4. The molecule has 2 amide bonds. The van der Waals surface area contributed by atoms with Gasteiger partial charge in [0.25, 0.3) is 11.1 Å². The number of halogens is 2. The summed E-state index contributed by atoms with van der Waals surface area (Å²) in [6.45, 7) is 0.0126. The second kappa shape index (κ2) is 7.07. The third kappa shape index (κ3) is 3.77. The number of benzene rings is 2. The van der Waals surface area contributed by atoms with E-state index in [2.05, 4.69) is 5.32 Å². The van der Waals surface area contributed by atoms with Crippen molar-refractivity contribution in [3.8, 4) is 5.75 Å². The number of carbonyl (C=O) groups is 2. The molecular weight excluding hydrogens is 353 g/mol. The molecule has 0 radical (unpaired) electrons. The second-order valence-electron chi connectivity index (χ2n) is 4.91. The average Bonchev–Trinajstić information content (AvgIpc) is 2.86. The quantitative estimate of drug-likeness (QED) is 0.819. The van der Waals surface area contributed by atoms with Crippen LogP contribution < -0.4 is 10.1 Å². The Morgan fingerprint density at radius 1 is 1.17 bits per heavy atom. The molecular formula is C17H11ClFNO3S. The lowest BCUT2D eigenvalue weighted by atomic mass is 10.2. The fraction of sp³-hybridized carbons (Fsp3) is 0.0588. The molecule has 1 fully saturated rings. The van der Waals surface area contributed by atoms with Crippen LogP contribution in [0.4, 0.5) is 9.18 Å². The van der Waals surface area contributed by atoms with Crippen molar-refractivity contribution in [2.45, 2.75) is 6.61 Å². The molecule has 0 aliphatic carbocycles. The Labute approximate surface area is 146 Å². The van der Waals surface area contributed by atoms with E-state index in [1.807, 2.05) is 0 Å². The molecule has 3 rings (SSSR count). The van der Waals surface area contributed by atoms with Crippen LogP contribution in [0.5, 0.6) is 5.75 Å². The lowest BCUT2D eigenvalue weighted by Gasteiger charge is -2.09. The molecule has 0 atom stereocenters. The molecule has 0 unspecified atom stereocenters. The van der Waals surface area contributed by atoms with Gasteiger partial charge in [-0.05, 0) is 47.7 Å². The zero-order chi connectivity index (χ0) is 17.1. The first-order valence-electron chi connectivity index (χ1n) is 6.93. The second-order valence-corrected chi connectivity index (χ2v) is 6.33. The van der Waals surface area contributed by atoms with Gasteiger partial charge >= 0.3 is 0 Å². The molecule has 24 heavy (non-hydrogen) atoms. The minimum atomic E-state index is -0.419. The number of amides is 2. The summed E-state index contributed by atoms with van der Waals surface area (Å²) in [5.41, 5.74) is 1.04. The fourth-order valence-corrected chi connectivity index (χ4v) is 2.96. The third-order valence-corrected chi connectivity index (χ3v) is 4.43. The number of nitrogens with one attached hydrogen (secondary N) is 1. The molecule has 0 aromatic heterocycles. The molecule has 2 aromatic rings. The van der Waals surface area contributed by atoms with Crippen LogP contribution in [0.15, 0.2) is 47.4 Å². The van der Waals surface area contributed by atoms with Gasteiger partial charge in [0, 0.05) is 5.56 Å². The van der Waals surface area contributed by atoms with E-state index in [4.69, 9.17) is 16.3 Å². The predicted octanol–water partition coefficient (Wildman–Crippen LogP) is 4.38. The van der Waals surface area contributed by atoms with E-state index in [-0.39, 0.29) is 11.8 Å². The fourth-order valence-electron chi connectivity index (χ4n) is 2.06. The van der Waals surface area contributed by atoms with E-state index >= 15 is 0 Å². The molecule has 7 heteroatoms. The molecule has 1 aliphatic heterocycles. The van der Waals surface area contributed by atoms with Crippen molar-refractivity contribution in [2.24, 2.45) is 0 Å². The molecule has 1 aliphatic rings. The summed E-state index contributed by atoms with van der Waals surface area (Å²) in [5.74, 6) is -0.284. The van der Waals surface area contributed by atoms with Gasteiger partial charge in [-0.1, -0.05) is 29.8 Å². The summed E-state index contributed by atoms with van der Waals surface area (Å²) in [7, 11) is 0. The van der Waals surface area contributed by atoms with E-state index in [0.717, 1.165) is 17.3 Å². The maximum Gasteiger partial charge on any atom is 0.290 e. The maximum absolute atomic E-state index is 13.7. The molecule has 1 saturated heterocycles. The van der Waals surface area contributed by atoms with Crippen molar-refractivity contribution in [3.63, 3.8) is 0 Å². The van der Waals surface area contributed by atoms with Gasteiger partial charge < -0.3 is 4.74 Å². The zero-order valence-corrected chi connectivity index (χ0v) is 13.8. The van der Waals surface area contributed by atoms with E-state index in [1.165, 1.54) is 12.1 Å². The Balaban J connectivity index is 1.68. The molecule has 1 heterocycles. The lowest BCUT2D eigenvalue weighted by molar-refractivity contribution is -0.115. The molecule has 1 N–H and O–H groups in total. The van der Waals surface area contributed by atoms with Crippen LogP contribution in [0.25, 0.3) is 6.08 Å². The smallest absolute Gasteiger partial charge is 0.290 e. The Hall–Kier alpha value is -2.31. The Kier molecular flexibility index (Phi) is 4.87. The number of hydrogen-bond donors (Lipinski definition) is 1. The Morgan fingerprint density at radius 2 is 1.92 bits per heavy atom. The molecule has 2 aromatic carbocycles. The van der Waals surface area contributed by atoms with Gasteiger partial charge in [-0.25, -0.2) is 4.39 Å². The average molecular weight is 364 g/mol. The van der Waals surface area contributed by atoms with Crippen LogP contribution in [0.3, 0.4) is 0 Å². The van der Waals surface area contributed by atoms with Crippen LogP contribution in [0.2, 0.25) is 5.02 Å². The summed E-state index contributed by atoms with van der Waals surface area (Å²) < 4.78 is 19.2. The van der Waals surface area contributed by atoms with Crippen molar-refractivity contribution < 1.29 is 18.7 Å². The SMILES string of the molecule is O=C1NC(=O)C(=Cc2ccc(OCc3c(F)cccc3Cl)cc2)S1. The van der Waals surface area contributed by atoms with Crippen LogP contribution >= 0.6 is 23.4 Å². The van der Waals surface area contributed by atoms with Crippen LogP contribution in [-0.4, -0.2) is 11.1 Å². The highest BCUT2D eigenvalue weighted by Crippen LogP contribution is 2.26. The van der Waals surface area contributed by atoms with Crippen molar-refractivity contribution >= 4 is 40.6 Å². The molecule has 0 spiro atoms. The van der Waals surface area contributed by atoms with Gasteiger partial charge in [-0.3, -0.25) is 14.9 Å². The van der Waals surface area contributed by atoms with Gasteiger partial charge in [0.1, 0.15) is 18.2 Å². The van der Waals surface area contributed by atoms with Crippen molar-refractivity contribution in [3.05, 3.63) is 69.3 Å². The minimum absolute atomic E-state index is 0.0126. The van der Waals surface area contributed by atoms with Crippen LogP contribution in [-0.2, 0) is 11.4 Å². The van der Waals surface area contributed by atoms with Crippen molar-refractivity contribution in [1.29, 1.82) is 0 Å². The largest absolute Gasteiger partial charge is 0.489 e. The van der Waals surface area contributed by atoms with Gasteiger partial charge in [-0.15, -0.1) is 0 Å². The summed E-state index contributed by atoms with van der Waals surface area (Å²) in [6, 6.07) is 11.3. The molecule has 122 valence electrons. The third-order valence-electron chi connectivity index (χ3n) is 3.26. The zero-order valence-electron chi connectivity index (χ0n) is 12.2. The lowest BCUT2D eigenvalue weighted by Crippen LogP contribution is -2.17. The van der Waals surface area contributed by atoms with Gasteiger partial charge in [-0.2, -0.15) is 0 Å². The first kappa shape index (κ1) is 16.5. The highest BCUT2D eigenvalue weighted by Gasteiger charge is 2.24. The molecule has 4 nitrogen and oxygen atoms in total. The minimum Gasteiger partial charge on any atom is -0.489 e. The number of ether oxygens (including phenoxy) is 1. The van der Waals surface area contributed by atoms with Gasteiger partial charge in [0.05, 0.1) is 9.93 Å². The predicted molar refractivity (Wildman–Crippen MR) is 91.3 cm³/mol. The number of rotatable bonds is 4. The summed E-state index contributed by atoms with van der Waals surface area (Å²) in [6.07, 6.45) is 1.61. The monoisotopic (exact) mass is 363 g/mol. The molecule has 0 saturated carbocycles. The standard InChI is InChI=1S/C17H11ClFNO3S/c18-13-2-1-3-14(19)12(13)9-23-11-6-4-10(5-7-11)8-15-16(21)20-17(22)24-15/h1-8H,9H2,(H,20,21,22). The van der Waals surface area contributed by atoms with Crippen LogP contribution in [0, 0.1) is 5.82 Å². The maximum atomic E-state index is 13.7. The first-order chi connectivity index (χ1) is 11.5. The highest BCUT2D eigenvalue weighted by molar-refractivity contribution is 8.18. The number of carbonyl (C=O) groups excluding carboxylic acids is 2. The Morgan fingerprint density at radius 3 is 2.54 bits per heavy atom. The van der Waals surface area contributed by atoms with Crippen molar-refractivity contribution in [1.82, 2.24) is 5.32 Å². The highest BCUT2D eigenvalue weighted by atomic mass is 35.5. The van der Waals surface area contributed by atoms with Crippen LogP contribution in [0.1, 0.15) is 11.1 Å². The van der Waals surface area contributed by atoms with E-state index in [9.17, 15) is 14.0 Å². The normalized spacial score (nSPS) is 15.7. The Bertz CT molecular complexity index is 816. The summed E-state index contributed by atoms with van der Waals surface area (Å²) in [4.78, 5) is 22.9.